The molecule has 0 saturated heterocycles. The van der Waals surface area contributed by atoms with Crippen molar-refractivity contribution in [3.8, 4) is 5.69 Å². The van der Waals surface area contributed by atoms with Crippen LogP contribution in [0.25, 0.3) is 5.69 Å². The molecule has 1 atom stereocenters. The zero-order chi connectivity index (χ0) is 21.8. The minimum atomic E-state index is -0.569. The molecule has 1 aromatic heterocycles. The number of nitrogens with zero attached hydrogens (tertiary/aromatic N) is 3. The molecule has 3 aliphatic rings. The molecule has 5 rings (SSSR count). The smallest absolute Gasteiger partial charge is 0.410 e. The average Bonchev–Trinajstić information content (AvgIpc) is 2.93. The summed E-state index contributed by atoms with van der Waals surface area (Å²) < 4.78 is 7.63. The van der Waals surface area contributed by atoms with Gasteiger partial charge in [-0.05, 0) is 57.2 Å². The summed E-state index contributed by atoms with van der Waals surface area (Å²) >= 11 is 0. The summed E-state index contributed by atoms with van der Waals surface area (Å²) in [6.45, 7) is 6.52. The SMILES string of the molecule is CC(C)(C)OC(=O)N1CCc2c3c(nn2-c2ccc(C4CCC4)cc2)CC(=O)NCC31. The highest BCUT2D eigenvalue weighted by atomic mass is 16.6. The lowest BCUT2D eigenvalue weighted by Crippen LogP contribution is -2.46. The molecule has 7 heteroatoms. The number of hydrogen-bond acceptors (Lipinski definition) is 4. The van der Waals surface area contributed by atoms with Crippen molar-refractivity contribution in [3.05, 3.63) is 46.8 Å². The van der Waals surface area contributed by atoms with E-state index in [-0.39, 0.29) is 24.5 Å². The van der Waals surface area contributed by atoms with Gasteiger partial charge in [-0.2, -0.15) is 5.10 Å². The summed E-state index contributed by atoms with van der Waals surface area (Å²) in [4.78, 5) is 27.0. The first-order valence-electron chi connectivity index (χ1n) is 11.3. The molecule has 2 amide bonds. The Balaban J connectivity index is 1.50. The fourth-order valence-electron chi connectivity index (χ4n) is 4.83. The molecular weight excluding hydrogens is 392 g/mol. The van der Waals surface area contributed by atoms with Crippen LogP contribution in [-0.2, 0) is 22.4 Å². The minimum absolute atomic E-state index is 0.0636. The van der Waals surface area contributed by atoms with Crippen LogP contribution in [0, 0.1) is 0 Å². The van der Waals surface area contributed by atoms with E-state index >= 15 is 0 Å². The Hall–Kier alpha value is -2.83. The maximum atomic E-state index is 12.9. The van der Waals surface area contributed by atoms with Gasteiger partial charge < -0.3 is 10.1 Å². The second-order valence-electron chi connectivity index (χ2n) is 9.86. The van der Waals surface area contributed by atoms with Crippen LogP contribution >= 0.6 is 0 Å². The summed E-state index contributed by atoms with van der Waals surface area (Å²) in [6.07, 6.45) is 4.43. The fourth-order valence-corrected chi connectivity index (χ4v) is 4.83. The van der Waals surface area contributed by atoms with E-state index in [1.807, 2.05) is 25.5 Å². The number of ether oxygens (including phenoxy) is 1. The van der Waals surface area contributed by atoms with Crippen molar-refractivity contribution in [1.29, 1.82) is 0 Å². The maximum absolute atomic E-state index is 12.9. The van der Waals surface area contributed by atoms with E-state index in [4.69, 9.17) is 9.84 Å². The lowest BCUT2D eigenvalue weighted by atomic mass is 9.80. The van der Waals surface area contributed by atoms with Gasteiger partial charge in [0.15, 0.2) is 0 Å². The molecule has 2 aliphatic heterocycles. The van der Waals surface area contributed by atoms with Crippen LogP contribution in [0.2, 0.25) is 0 Å². The molecule has 1 N–H and O–H groups in total. The van der Waals surface area contributed by atoms with Gasteiger partial charge in [0.25, 0.3) is 0 Å². The van der Waals surface area contributed by atoms with Crippen molar-refractivity contribution in [2.75, 3.05) is 13.1 Å². The van der Waals surface area contributed by atoms with Crippen molar-refractivity contribution in [1.82, 2.24) is 20.0 Å². The molecular formula is C24H30N4O3. The number of aromatic nitrogens is 2. The monoisotopic (exact) mass is 422 g/mol. The third-order valence-electron chi connectivity index (χ3n) is 6.56. The largest absolute Gasteiger partial charge is 0.444 e. The van der Waals surface area contributed by atoms with Crippen LogP contribution in [0.15, 0.2) is 24.3 Å². The minimum Gasteiger partial charge on any atom is -0.444 e. The molecule has 1 unspecified atom stereocenters. The predicted molar refractivity (Wildman–Crippen MR) is 116 cm³/mol. The number of rotatable bonds is 2. The first kappa shape index (κ1) is 20.1. The van der Waals surface area contributed by atoms with E-state index in [2.05, 4.69) is 29.6 Å². The van der Waals surface area contributed by atoms with Crippen molar-refractivity contribution < 1.29 is 14.3 Å². The molecule has 7 nitrogen and oxygen atoms in total. The third kappa shape index (κ3) is 3.70. The lowest BCUT2D eigenvalue weighted by molar-refractivity contribution is -0.120. The van der Waals surface area contributed by atoms with Gasteiger partial charge in [-0.25, -0.2) is 9.48 Å². The maximum Gasteiger partial charge on any atom is 0.410 e. The first-order valence-corrected chi connectivity index (χ1v) is 11.3. The molecule has 164 valence electrons. The van der Waals surface area contributed by atoms with Gasteiger partial charge in [0, 0.05) is 25.1 Å². The average molecular weight is 423 g/mol. The van der Waals surface area contributed by atoms with E-state index < -0.39 is 5.60 Å². The van der Waals surface area contributed by atoms with Gasteiger partial charge in [0.05, 0.1) is 29.5 Å². The Labute approximate surface area is 182 Å². The number of carbonyl (C=O) groups is 2. The summed E-state index contributed by atoms with van der Waals surface area (Å²) in [5.41, 5.74) is 4.68. The summed E-state index contributed by atoms with van der Waals surface area (Å²) in [6, 6.07) is 8.41. The summed E-state index contributed by atoms with van der Waals surface area (Å²) in [5.74, 6) is 0.628. The van der Waals surface area contributed by atoms with Crippen molar-refractivity contribution in [2.45, 2.75) is 70.4 Å². The first-order chi connectivity index (χ1) is 14.8. The van der Waals surface area contributed by atoms with E-state index in [0.29, 0.717) is 25.4 Å². The molecule has 31 heavy (non-hydrogen) atoms. The Morgan fingerprint density at radius 2 is 1.94 bits per heavy atom. The van der Waals surface area contributed by atoms with Crippen LogP contribution in [0.4, 0.5) is 4.79 Å². The number of benzene rings is 1. The molecule has 0 spiro atoms. The normalized spacial score (nSPS) is 21.1. The topological polar surface area (TPSA) is 76.5 Å². The number of carbonyl (C=O) groups excluding carboxylic acids is 2. The van der Waals surface area contributed by atoms with E-state index in [9.17, 15) is 9.59 Å². The molecule has 0 radical (unpaired) electrons. The highest BCUT2D eigenvalue weighted by Crippen LogP contribution is 2.38. The Morgan fingerprint density at radius 3 is 2.58 bits per heavy atom. The van der Waals surface area contributed by atoms with Crippen molar-refractivity contribution in [3.63, 3.8) is 0 Å². The predicted octanol–water partition coefficient (Wildman–Crippen LogP) is 3.65. The standard InChI is InChI=1S/C24H30N4O3/c1-24(2,3)31-23(30)27-12-11-19-22-18(13-21(29)25-14-20(22)27)26-28(19)17-9-7-16(8-10-17)15-5-4-6-15/h7-10,15,20H,4-6,11-14H2,1-3H3,(H,25,29). The second kappa shape index (κ2) is 7.39. The second-order valence-corrected chi connectivity index (χ2v) is 9.86. The summed E-state index contributed by atoms with van der Waals surface area (Å²) in [5, 5.41) is 7.79. The Morgan fingerprint density at radius 1 is 1.19 bits per heavy atom. The highest BCUT2D eigenvalue weighted by molar-refractivity contribution is 5.80. The van der Waals surface area contributed by atoms with Crippen LogP contribution in [-0.4, -0.2) is 45.4 Å². The van der Waals surface area contributed by atoms with Crippen LogP contribution in [0.5, 0.6) is 0 Å². The number of hydrogen-bond donors (Lipinski definition) is 1. The van der Waals surface area contributed by atoms with E-state index in [1.165, 1.54) is 24.8 Å². The molecule has 0 bridgehead atoms. The number of nitrogens with one attached hydrogen (secondary N) is 1. The zero-order valence-corrected chi connectivity index (χ0v) is 18.5. The molecule has 1 aliphatic carbocycles. The quantitative estimate of drug-likeness (QED) is 0.802. The highest BCUT2D eigenvalue weighted by Gasteiger charge is 2.40. The van der Waals surface area contributed by atoms with Crippen LogP contribution < -0.4 is 5.32 Å². The molecule has 1 saturated carbocycles. The van der Waals surface area contributed by atoms with Gasteiger partial charge in [0.2, 0.25) is 5.91 Å². The molecule has 1 fully saturated rings. The van der Waals surface area contributed by atoms with Gasteiger partial charge >= 0.3 is 6.09 Å². The summed E-state index contributed by atoms with van der Waals surface area (Å²) in [7, 11) is 0. The molecule has 2 aromatic rings. The van der Waals surface area contributed by atoms with E-state index in [1.54, 1.807) is 4.90 Å². The van der Waals surface area contributed by atoms with Crippen LogP contribution in [0.1, 0.15) is 74.5 Å². The van der Waals surface area contributed by atoms with Crippen LogP contribution in [0.3, 0.4) is 0 Å². The third-order valence-corrected chi connectivity index (χ3v) is 6.56. The van der Waals surface area contributed by atoms with Gasteiger partial charge in [-0.3, -0.25) is 9.69 Å². The molecule has 3 heterocycles. The Bertz CT molecular complexity index is 1010. The van der Waals surface area contributed by atoms with Crippen molar-refractivity contribution in [2.24, 2.45) is 0 Å². The Kier molecular flexibility index (Phi) is 4.79. The van der Waals surface area contributed by atoms with Gasteiger partial charge in [-0.15, -0.1) is 0 Å². The lowest BCUT2D eigenvalue weighted by Gasteiger charge is -2.36. The zero-order valence-electron chi connectivity index (χ0n) is 18.5. The fraction of sp³-hybridized carbons (Fsp3) is 0.542. The van der Waals surface area contributed by atoms with Crippen molar-refractivity contribution >= 4 is 12.0 Å². The van der Waals surface area contributed by atoms with E-state index in [0.717, 1.165) is 22.6 Å². The number of amides is 2. The molecule has 1 aromatic carbocycles. The van der Waals surface area contributed by atoms with Gasteiger partial charge in [-0.1, -0.05) is 18.6 Å². The van der Waals surface area contributed by atoms with Gasteiger partial charge in [0.1, 0.15) is 5.60 Å².